The first-order valence-electron chi connectivity index (χ1n) is 19.7. The van der Waals surface area contributed by atoms with E-state index in [2.05, 4.69) is 137 Å². The minimum Gasteiger partial charge on any atom is -0.309 e. The van der Waals surface area contributed by atoms with Crippen LogP contribution in [0, 0.1) is 5.82 Å². The predicted octanol–water partition coefficient (Wildman–Crippen LogP) is 13.5. The molecule has 0 aliphatic carbocycles. The lowest BCUT2D eigenvalue weighted by Gasteiger charge is -2.12. The molecule has 0 spiro atoms. The van der Waals surface area contributed by atoms with E-state index in [0.717, 1.165) is 71.3 Å². The van der Waals surface area contributed by atoms with Crippen molar-refractivity contribution in [3.8, 4) is 45.5 Å². The summed E-state index contributed by atoms with van der Waals surface area (Å²) in [7, 11) is 0. The summed E-state index contributed by atoms with van der Waals surface area (Å²) in [5.74, 6) is 1.44. The molecule has 0 aliphatic heterocycles. The maximum Gasteiger partial charge on any atom is 0.238 e. The van der Waals surface area contributed by atoms with Gasteiger partial charge in [0.15, 0.2) is 11.6 Å². The third kappa shape index (κ3) is 5.34. The van der Waals surface area contributed by atoms with Gasteiger partial charge in [0.25, 0.3) is 0 Å². The van der Waals surface area contributed by atoms with Gasteiger partial charge in [-0.3, -0.25) is 4.57 Å². The van der Waals surface area contributed by atoms with Gasteiger partial charge in [-0.05, 0) is 93.3 Å². The normalized spacial score (nSPS) is 11.8. The molecule has 0 saturated carbocycles. The molecule has 6 heteroatoms. The van der Waals surface area contributed by atoms with Gasteiger partial charge in [-0.15, -0.1) is 0 Å². The van der Waals surface area contributed by atoms with Gasteiger partial charge in [-0.2, -0.15) is 9.97 Å². The number of aromatic nitrogens is 5. The maximum absolute atomic E-state index is 14.1. The van der Waals surface area contributed by atoms with Crippen LogP contribution in [0.25, 0.3) is 111 Å². The molecule has 12 aromatic rings. The highest BCUT2D eigenvalue weighted by atomic mass is 19.1. The highest BCUT2D eigenvalue weighted by Crippen LogP contribution is 2.38. The summed E-state index contributed by atoms with van der Waals surface area (Å²) in [5.41, 5.74) is 9.48. The quantitative estimate of drug-likeness (QED) is 0.164. The Labute approximate surface area is 337 Å². The first-order valence-corrected chi connectivity index (χ1v) is 19.7. The molecule has 9 aromatic carbocycles. The van der Waals surface area contributed by atoms with Gasteiger partial charge in [-0.25, -0.2) is 9.37 Å². The highest BCUT2D eigenvalue weighted by Gasteiger charge is 2.20. The molecule has 0 fully saturated rings. The molecule has 0 amide bonds. The average Bonchev–Trinajstić information content (AvgIpc) is 3.81. The van der Waals surface area contributed by atoms with Crippen molar-refractivity contribution in [3.05, 3.63) is 200 Å². The summed E-state index contributed by atoms with van der Waals surface area (Å²) in [4.78, 5) is 15.5. The van der Waals surface area contributed by atoms with Crippen LogP contribution in [0.3, 0.4) is 0 Å². The van der Waals surface area contributed by atoms with Crippen LogP contribution >= 0.6 is 0 Å². The fourth-order valence-corrected chi connectivity index (χ4v) is 8.86. The van der Waals surface area contributed by atoms with Crippen LogP contribution in [0.4, 0.5) is 4.39 Å². The summed E-state index contributed by atoms with van der Waals surface area (Å²) >= 11 is 0. The Hall–Kier alpha value is -7.96. The van der Waals surface area contributed by atoms with Gasteiger partial charge in [0.1, 0.15) is 5.82 Å². The number of hydrogen-bond donors (Lipinski definition) is 0. The van der Waals surface area contributed by atoms with E-state index in [0.29, 0.717) is 17.6 Å². The number of nitrogens with zero attached hydrogens (tertiary/aromatic N) is 5. The Balaban J connectivity index is 1.06. The van der Waals surface area contributed by atoms with Crippen molar-refractivity contribution in [3.63, 3.8) is 0 Å². The molecular formula is C53H32FN5. The number of fused-ring (bicyclic) bond motifs is 9. The lowest BCUT2D eigenvalue weighted by atomic mass is 10.00. The summed E-state index contributed by atoms with van der Waals surface area (Å²) in [5, 5.41) is 8.58. The molecule has 3 heterocycles. The van der Waals surface area contributed by atoms with Crippen LogP contribution in [0.1, 0.15) is 0 Å². The van der Waals surface area contributed by atoms with Crippen LogP contribution in [-0.4, -0.2) is 24.1 Å². The van der Waals surface area contributed by atoms with Gasteiger partial charge in [0.05, 0.1) is 22.1 Å². The fourth-order valence-electron chi connectivity index (χ4n) is 8.86. The van der Waals surface area contributed by atoms with Crippen molar-refractivity contribution in [2.75, 3.05) is 0 Å². The molecule has 0 atom stereocenters. The highest BCUT2D eigenvalue weighted by molar-refractivity contribution is 6.12. The standard InChI is InChI=1S/C53H32FN5/c54-39-24-27-42-37(30-39)20-19-36-29-38(22-25-41(36)42)52-55-51(33-11-3-1-4-12-33)56-53(57-52)59-48-18-10-7-15-43(48)45-26-21-35(32-50(45)59)34-23-28-49-46(31-34)44-16-8-9-17-47(44)58(49)40-13-5-2-6-14-40/h1-32H. The van der Waals surface area contributed by atoms with Gasteiger partial charge in [-0.1, -0.05) is 133 Å². The summed E-state index contributed by atoms with van der Waals surface area (Å²) in [6.07, 6.45) is 0. The molecule has 276 valence electrons. The smallest absolute Gasteiger partial charge is 0.238 e. The van der Waals surface area contributed by atoms with E-state index in [1.54, 1.807) is 6.07 Å². The first kappa shape index (κ1) is 33.2. The Morgan fingerprint density at radius 3 is 1.64 bits per heavy atom. The largest absolute Gasteiger partial charge is 0.309 e. The molecule has 0 bridgehead atoms. The number of para-hydroxylation sites is 3. The van der Waals surface area contributed by atoms with Crippen molar-refractivity contribution in [2.45, 2.75) is 0 Å². The van der Waals surface area contributed by atoms with Crippen LogP contribution < -0.4 is 0 Å². The molecule has 5 nitrogen and oxygen atoms in total. The average molecular weight is 758 g/mol. The topological polar surface area (TPSA) is 48.5 Å². The molecule has 0 saturated heterocycles. The second-order valence-electron chi connectivity index (χ2n) is 15.0. The Morgan fingerprint density at radius 1 is 0.322 bits per heavy atom. The number of rotatable bonds is 5. The second-order valence-corrected chi connectivity index (χ2v) is 15.0. The third-order valence-corrected chi connectivity index (χ3v) is 11.6. The van der Waals surface area contributed by atoms with Crippen LogP contribution in [0.2, 0.25) is 0 Å². The zero-order valence-electron chi connectivity index (χ0n) is 31.6. The van der Waals surface area contributed by atoms with Crippen molar-refractivity contribution < 1.29 is 4.39 Å². The van der Waals surface area contributed by atoms with E-state index in [1.807, 2.05) is 54.6 Å². The molecule has 0 N–H and O–H groups in total. The lowest BCUT2D eigenvalue weighted by molar-refractivity contribution is 0.630. The minimum absolute atomic E-state index is 0.245. The summed E-state index contributed by atoms with van der Waals surface area (Å²) in [6, 6.07) is 66.4. The summed E-state index contributed by atoms with van der Waals surface area (Å²) < 4.78 is 18.6. The second kappa shape index (κ2) is 13.0. The van der Waals surface area contributed by atoms with E-state index >= 15 is 0 Å². The van der Waals surface area contributed by atoms with Crippen molar-refractivity contribution in [1.29, 1.82) is 0 Å². The molecule has 12 rings (SSSR count). The fraction of sp³-hybridized carbons (Fsp3) is 0. The number of benzene rings is 9. The molecule has 0 radical (unpaired) electrons. The Morgan fingerprint density at radius 2 is 0.864 bits per heavy atom. The third-order valence-electron chi connectivity index (χ3n) is 11.6. The SMILES string of the molecule is Fc1ccc2c(ccc3cc(-c4nc(-c5ccccc5)nc(-n5c6ccccc6c6ccc(-c7ccc8c(c7)c7ccccc7n8-c7ccccc7)cc65)n4)ccc32)c1. The predicted molar refractivity (Wildman–Crippen MR) is 240 cm³/mol. The van der Waals surface area contributed by atoms with Crippen molar-refractivity contribution in [1.82, 2.24) is 24.1 Å². The van der Waals surface area contributed by atoms with E-state index in [1.165, 1.54) is 27.9 Å². The molecule has 0 aliphatic rings. The monoisotopic (exact) mass is 757 g/mol. The molecule has 59 heavy (non-hydrogen) atoms. The maximum atomic E-state index is 14.1. The van der Waals surface area contributed by atoms with E-state index in [-0.39, 0.29) is 5.82 Å². The van der Waals surface area contributed by atoms with Gasteiger partial charge < -0.3 is 4.57 Å². The number of halogens is 1. The minimum atomic E-state index is -0.245. The van der Waals surface area contributed by atoms with Crippen molar-refractivity contribution >= 4 is 65.2 Å². The van der Waals surface area contributed by atoms with Crippen LogP contribution in [-0.2, 0) is 0 Å². The number of hydrogen-bond acceptors (Lipinski definition) is 3. The van der Waals surface area contributed by atoms with E-state index in [4.69, 9.17) is 15.0 Å². The summed E-state index contributed by atoms with van der Waals surface area (Å²) in [6.45, 7) is 0. The van der Waals surface area contributed by atoms with Crippen molar-refractivity contribution in [2.24, 2.45) is 0 Å². The first-order chi connectivity index (χ1) is 29.1. The molecule has 3 aromatic heterocycles. The lowest BCUT2D eigenvalue weighted by Crippen LogP contribution is -2.06. The zero-order chi connectivity index (χ0) is 39.0. The Bertz CT molecular complexity index is 3630. The van der Waals surface area contributed by atoms with E-state index < -0.39 is 0 Å². The van der Waals surface area contributed by atoms with E-state index in [9.17, 15) is 4.39 Å². The molecular weight excluding hydrogens is 726 g/mol. The van der Waals surface area contributed by atoms with Crippen LogP contribution in [0.5, 0.6) is 0 Å². The molecule has 0 unspecified atom stereocenters. The van der Waals surface area contributed by atoms with Gasteiger partial charge >= 0.3 is 0 Å². The van der Waals surface area contributed by atoms with Gasteiger partial charge in [0.2, 0.25) is 5.95 Å². The zero-order valence-corrected chi connectivity index (χ0v) is 31.6. The Kier molecular flexibility index (Phi) is 7.34. The van der Waals surface area contributed by atoms with Gasteiger partial charge in [0, 0.05) is 38.4 Å². The van der Waals surface area contributed by atoms with Crippen LogP contribution in [0.15, 0.2) is 194 Å².